The predicted molar refractivity (Wildman–Crippen MR) is 93.6 cm³/mol. The van der Waals surface area contributed by atoms with Crippen LogP contribution in [0.4, 0.5) is 0 Å². The van der Waals surface area contributed by atoms with E-state index in [0.717, 1.165) is 23.9 Å². The number of aromatic nitrogens is 1. The van der Waals surface area contributed by atoms with Gasteiger partial charge in [0, 0.05) is 28.4 Å². The molecule has 1 heterocycles. The van der Waals surface area contributed by atoms with E-state index in [4.69, 9.17) is 0 Å². The van der Waals surface area contributed by atoms with Gasteiger partial charge in [0.1, 0.15) is 0 Å². The maximum absolute atomic E-state index is 11.5. The number of fused-ring (bicyclic) bond motifs is 3. The molecule has 0 spiro atoms. The summed E-state index contributed by atoms with van der Waals surface area (Å²) in [6.07, 6.45) is 7.28. The number of rotatable bonds is 7. The summed E-state index contributed by atoms with van der Waals surface area (Å²) in [6, 6.07) is 14.5. The molecule has 0 saturated carbocycles. The lowest BCUT2D eigenvalue weighted by Gasteiger charge is -2.08. The molecular weight excluding hydrogens is 270 g/mol. The van der Waals surface area contributed by atoms with Crippen molar-refractivity contribution in [2.45, 2.75) is 45.6 Å². The first kappa shape index (κ1) is 14.8. The molecule has 2 aromatic carbocycles. The molecule has 3 rings (SSSR count). The average Bonchev–Trinajstić information content (AvgIpc) is 2.89. The van der Waals surface area contributed by atoms with Crippen molar-refractivity contribution >= 4 is 28.1 Å². The number of hydrogen-bond donors (Lipinski definition) is 0. The molecule has 0 aliphatic rings. The highest BCUT2D eigenvalue weighted by atomic mass is 16.1. The van der Waals surface area contributed by atoms with Crippen LogP contribution in [0.3, 0.4) is 0 Å². The quantitative estimate of drug-likeness (QED) is 0.412. The first-order chi connectivity index (χ1) is 10.9. The second-order valence-electron chi connectivity index (χ2n) is 5.94. The molecule has 114 valence electrons. The van der Waals surface area contributed by atoms with Crippen LogP contribution in [-0.4, -0.2) is 10.9 Å². The Kier molecular flexibility index (Phi) is 4.57. The Hall–Kier alpha value is -2.09. The van der Waals surface area contributed by atoms with Gasteiger partial charge in [-0.2, -0.15) is 0 Å². The molecule has 2 heteroatoms. The first-order valence-corrected chi connectivity index (χ1v) is 8.32. The van der Waals surface area contributed by atoms with Crippen LogP contribution in [0, 0.1) is 0 Å². The first-order valence-electron chi connectivity index (χ1n) is 8.32. The molecule has 0 aliphatic heterocycles. The normalized spacial score (nSPS) is 11.3. The van der Waals surface area contributed by atoms with Crippen LogP contribution in [0.2, 0.25) is 0 Å². The van der Waals surface area contributed by atoms with Crippen molar-refractivity contribution in [3.63, 3.8) is 0 Å². The van der Waals surface area contributed by atoms with Gasteiger partial charge in [0.25, 0.3) is 0 Å². The highest BCUT2D eigenvalue weighted by Crippen LogP contribution is 2.31. The number of nitrogens with zero attached hydrogens (tertiary/aromatic N) is 1. The van der Waals surface area contributed by atoms with Crippen LogP contribution in [0.1, 0.15) is 49.4 Å². The minimum absolute atomic E-state index is 0.794. The smallest absolute Gasteiger partial charge is 0.152 e. The van der Waals surface area contributed by atoms with Gasteiger partial charge in [0.05, 0.1) is 5.52 Å². The zero-order chi connectivity index (χ0) is 15.4. The van der Waals surface area contributed by atoms with Gasteiger partial charge in [0.15, 0.2) is 6.29 Å². The second-order valence-corrected chi connectivity index (χ2v) is 5.94. The topological polar surface area (TPSA) is 22.0 Å². The minimum Gasteiger partial charge on any atom is -0.340 e. The molecule has 22 heavy (non-hydrogen) atoms. The van der Waals surface area contributed by atoms with Crippen molar-refractivity contribution in [1.82, 2.24) is 4.57 Å². The lowest BCUT2D eigenvalue weighted by molar-refractivity contribution is 0.112. The Morgan fingerprint density at radius 3 is 2.50 bits per heavy atom. The molecule has 0 atom stereocenters. The Morgan fingerprint density at radius 2 is 1.68 bits per heavy atom. The zero-order valence-electron chi connectivity index (χ0n) is 13.2. The summed E-state index contributed by atoms with van der Waals surface area (Å²) in [6.45, 7) is 3.22. The van der Waals surface area contributed by atoms with Gasteiger partial charge in [-0.25, -0.2) is 0 Å². The van der Waals surface area contributed by atoms with E-state index in [1.165, 1.54) is 48.4 Å². The third-order valence-corrected chi connectivity index (χ3v) is 4.43. The van der Waals surface area contributed by atoms with Gasteiger partial charge in [-0.1, -0.05) is 62.9 Å². The van der Waals surface area contributed by atoms with E-state index >= 15 is 0 Å². The molecule has 0 radical (unpaired) electrons. The van der Waals surface area contributed by atoms with Crippen LogP contribution in [0.15, 0.2) is 42.5 Å². The van der Waals surface area contributed by atoms with Crippen LogP contribution in [-0.2, 0) is 6.54 Å². The number of aryl methyl sites for hydroxylation is 1. The van der Waals surface area contributed by atoms with Crippen LogP contribution in [0.5, 0.6) is 0 Å². The molecule has 0 bridgehead atoms. The lowest BCUT2D eigenvalue weighted by atomic mass is 10.1. The summed E-state index contributed by atoms with van der Waals surface area (Å²) in [5.74, 6) is 0. The van der Waals surface area contributed by atoms with E-state index in [0.29, 0.717) is 0 Å². The monoisotopic (exact) mass is 293 g/mol. The molecular formula is C20H23NO. The van der Waals surface area contributed by atoms with Crippen LogP contribution in [0.25, 0.3) is 21.8 Å². The second kappa shape index (κ2) is 6.78. The number of hydrogen-bond acceptors (Lipinski definition) is 1. The lowest BCUT2D eigenvalue weighted by Crippen LogP contribution is -2.00. The van der Waals surface area contributed by atoms with E-state index in [1.54, 1.807) is 0 Å². The van der Waals surface area contributed by atoms with Gasteiger partial charge in [-0.05, 0) is 18.6 Å². The zero-order valence-corrected chi connectivity index (χ0v) is 13.2. The number of carbonyl (C=O) groups is 1. The molecule has 0 fully saturated rings. The molecule has 3 aromatic rings. The predicted octanol–water partition coefficient (Wildman–Crippen LogP) is 5.58. The van der Waals surface area contributed by atoms with Gasteiger partial charge in [-0.15, -0.1) is 0 Å². The van der Waals surface area contributed by atoms with Crippen LogP contribution >= 0.6 is 0 Å². The number of unbranched alkanes of at least 4 members (excludes halogenated alkanes) is 4. The summed E-state index contributed by atoms with van der Waals surface area (Å²) in [5.41, 5.74) is 3.12. The Labute approximate surface area is 131 Å². The van der Waals surface area contributed by atoms with Gasteiger partial charge in [0.2, 0.25) is 0 Å². The fraction of sp³-hybridized carbons (Fsp3) is 0.350. The van der Waals surface area contributed by atoms with Crippen molar-refractivity contribution in [3.05, 3.63) is 48.0 Å². The fourth-order valence-corrected chi connectivity index (χ4v) is 3.34. The molecule has 0 saturated heterocycles. The number of benzene rings is 2. The SMILES string of the molecule is CCCCCCCn1c2ccccc2c2cccc(C=O)c21. The number of aldehydes is 1. The van der Waals surface area contributed by atoms with E-state index in [2.05, 4.69) is 41.8 Å². The highest BCUT2D eigenvalue weighted by molar-refractivity contribution is 6.12. The largest absolute Gasteiger partial charge is 0.340 e. The summed E-state index contributed by atoms with van der Waals surface area (Å²) in [5, 5.41) is 2.43. The third kappa shape index (κ3) is 2.66. The fourth-order valence-electron chi connectivity index (χ4n) is 3.34. The summed E-state index contributed by atoms with van der Waals surface area (Å²) < 4.78 is 2.33. The Morgan fingerprint density at radius 1 is 0.909 bits per heavy atom. The Balaban J connectivity index is 2.03. The molecule has 0 N–H and O–H groups in total. The van der Waals surface area contributed by atoms with E-state index in [1.807, 2.05) is 12.1 Å². The average molecular weight is 293 g/mol. The van der Waals surface area contributed by atoms with Crippen molar-refractivity contribution in [2.75, 3.05) is 0 Å². The van der Waals surface area contributed by atoms with E-state index in [9.17, 15) is 4.79 Å². The maximum Gasteiger partial charge on any atom is 0.152 e. The van der Waals surface area contributed by atoms with Gasteiger partial charge < -0.3 is 4.57 Å². The Bertz CT molecular complexity index is 785. The molecule has 0 aliphatic carbocycles. The van der Waals surface area contributed by atoms with E-state index < -0.39 is 0 Å². The summed E-state index contributed by atoms with van der Waals surface area (Å²) in [7, 11) is 0. The van der Waals surface area contributed by atoms with Crippen molar-refractivity contribution < 1.29 is 4.79 Å². The van der Waals surface area contributed by atoms with E-state index in [-0.39, 0.29) is 0 Å². The van der Waals surface area contributed by atoms with Gasteiger partial charge >= 0.3 is 0 Å². The maximum atomic E-state index is 11.5. The molecule has 0 unspecified atom stereocenters. The van der Waals surface area contributed by atoms with Crippen molar-refractivity contribution in [3.8, 4) is 0 Å². The third-order valence-electron chi connectivity index (χ3n) is 4.43. The van der Waals surface area contributed by atoms with Gasteiger partial charge in [-0.3, -0.25) is 4.79 Å². The number of carbonyl (C=O) groups excluding carboxylic acids is 1. The van der Waals surface area contributed by atoms with Crippen molar-refractivity contribution in [1.29, 1.82) is 0 Å². The van der Waals surface area contributed by atoms with Crippen molar-refractivity contribution in [2.24, 2.45) is 0 Å². The summed E-state index contributed by atoms with van der Waals surface area (Å²) >= 11 is 0. The highest BCUT2D eigenvalue weighted by Gasteiger charge is 2.12. The number of para-hydroxylation sites is 2. The summed E-state index contributed by atoms with van der Waals surface area (Å²) in [4.78, 5) is 11.5. The minimum atomic E-state index is 0.794. The standard InChI is InChI=1S/C20H23NO/c1-2-3-4-5-8-14-21-19-13-7-6-11-17(19)18-12-9-10-16(15-22)20(18)21/h6-7,9-13,15H,2-5,8,14H2,1H3. The molecule has 2 nitrogen and oxygen atoms in total. The molecule has 1 aromatic heterocycles. The van der Waals surface area contributed by atoms with Crippen LogP contribution < -0.4 is 0 Å². The molecule has 0 amide bonds.